The summed E-state index contributed by atoms with van der Waals surface area (Å²) in [6.45, 7) is 2.54. The van der Waals surface area contributed by atoms with Gasteiger partial charge in [0.2, 0.25) is 10.0 Å². The van der Waals surface area contributed by atoms with Crippen LogP contribution in [0.25, 0.3) is 0 Å². The minimum absolute atomic E-state index is 0.228. The molecular weight excluding hydrogens is 258 g/mol. The summed E-state index contributed by atoms with van der Waals surface area (Å²) in [7, 11) is -3.16. The summed E-state index contributed by atoms with van der Waals surface area (Å²) in [5, 5.41) is 0.663. The van der Waals surface area contributed by atoms with Crippen molar-refractivity contribution in [3.05, 3.63) is 28.8 Å². The van der Waals surface area contributed by atoms with E-state index in [9.17, 15) is 8.42 Å². The molecule has 5 heteroatoms. The molecule has 0 atom stereocenters. The zero-order valence-corrected chi connectivity index (χ0v) is 11.4. The molecule has 0 aromatic heterocycles. The molecule has 0 radical (unpaired) electrons. The van der Waals surface area contributed by atoms with E-state index in [2.05, 4.69) is 0 Å². The summed E-state index contributed by atoms with van der Waals surface area (Å²) in [6, 6.07) is 5.40. The molecule has 2 rings (SSSR count). The maximum atomic E-state index is 12.1. The lowest BCUT2D eigenvalue weighted by Gasteiger charge is -2.19. The first-order chi connectivity index (χ1) is 8.04. The third kappa shape index (κ3) is 2.58. The molecule has 1 aliphatic heterocycles. The third-order valence-corrected chi connectivity index (χ3v) is 5.08. The van der Waals surface area contributed by atoms with Gasteiger partial charge in [0.15, 0.2) is 0 Å². The van der Waals surface area contributed by atoms with Crippen LogP contribution in [0.15, 0.2) is 18.2 Å². The summed E-state index contributed by atoms with van der Waals surface area (Å²) in [5.41, 5.74) is 1.82. The number of rotatable bonds is 4. The minimum Gasteiger partial charge on any atom is -0.270 e. The van der Waals surface area contributed by atoms with Crippen molar-refractivity contribution < 1.29 is 8.42 Å². The molecule has 0 N–H and O–H groups in total. The Kier molecular flexibility index (Phi) is 3.64. The van der Waals surface area contributed by atoms with Gasteiger partial charge >= 0.3 is 0 Å². The summed E-state index contributed by atoms with van der Waals surface area (Å²) < 4.78 is 25.8. The summed E-state index contributed by atoms with van der Waals surface area (Å²) in [5.74, 6) is 0.228. The van der Waals surface area contributed by atoms with Gasteiger partial charge in [-0.15, -0.1) is 0 Å². The molecule has 1 aromatic rings. The van der Waals surface area contributed by atoms with Crippen molar-refractivity contribution in [3.8, 4) is 0 Å². The summed E-state index contributed by atoms with van der Waals surface area (Å²) >= 11 is 5.90. The van der Waals surface area contributed by atoms with E-state index in [-0.39, 0.29) is 5.75 Å². The normalized spacial score (nSPS) is 15.1. The first kappa shape index (κ1) is 12.7. The van der Waals surface area contributed by atoms with Crippen LogP contribution in [0.4, 0.5) is 5.69 Å². The van der Waals surface area contributed by atoms with Gasteiger partial charge in [-0.3, -0.25) is 4.31 Å². The molecule has 1 aliphatic rings. The van der Waals surface area contributed by atoms with Gasteiger partial charge in [-0.1, -0.05) is 24.9 Å². The lowest BCUT2D eigenvalue weighted by atomic mass is 10.2. The molecule has 94 valence electrons. The van der Waals surface area contributed by atoms with Crippen molar-refractivity contribution >= 4 is 27.3 Å². The molecule has 0 unspecified atom stereocenters. The van der Waals surface area contributed by atoms with Gasteiger partial charge in [0.1, 0.15) is 0 Å². The number of benzene rings is 1. The van der Waals surface area contributed by atoms with Gasteiger partial charge in [-0.05, 0) is 36.6 Å². The van der Waals surface area contributed by atoms with Gasteiger partial charge in [0, 0.05) is 11.6 Å². The number of sulfonamides is 1. The van der Waals surface area contributed by atoms with Gasteiger partial charge in [0.25, 0.3) is 0 Å². The van der Waals surface area contributed by atoms with Crippen molar-refractivity contribution in [3.63, 3.8) is 0 Å². The van der Waals surface area contributed by atoms with Crippen molar-refractivity contribution in [2.75, 3.05) is 16.6 Å². The molecule has 0 bridgehead atoms. The minimum atomic E-state index is -3.16. The average Bonchev–Trinajstić information content (AvgIpc) is 2.69. The smallest absolute Gasteiger partial charge is 0.235 e. The van der Waals surface area contributed by atoms with E-state index in [1.54, 1.807) is 12.1 Å². The summed E-state index contributed by atoms with van der Waals surface area (Å²) in [6.07, 6.45) is 2.35. The summed E-state index contributed by atoms with van der Waals surface area (Å²) in [4.78, 5) is 0. The number of hydrogen-bond donors (Lipinski definition) is 0. The highest BCUT2D eigenvalue weighted by Crippen LogP contribution is 2.32. The molecule has 0 saturated carbocycles. The highest BCUT2D eigenvalue weighted by atomic mass is 35.5. The van der Waals surface area contributed by atoms with Crippen LogP contribution >= 0.6 is 11.6 Å². The Bertz CT molecular complexity index is 513. The number of unbranched alkanes of at least 4 members (excludes halogenated alkanes) is 1. The van der Waals surface area contributed by atoms with Gasteiger partial charge in [-0.25, -0.2) is 8.42 Å². The Morgan fingerprint density at radius 1 is 1.41 bits per heavy atom. The Hall–Kier alpha value is -0.740. The molecule has 3 nitrogen and oxygen atoms in total. The largest absolute Gasteiger partial charge is 0.270 e. The fourth-order valence-corrected chi connectivity index (χ4v) is 3.98. The fourth-order valence-electron chi connectivity index (χ4n) is 2.07. The van der Waals surface area contributed by atoms with E-state index in [1.165, 1.54) is 4.31 Å². The van der Waals surface area contributed by atoms with Crippen LogP contribution in [0.5, 0.6) is 0 Å². The van der Waals surface area contributed by atoms with Crippen LogP contribution in [0.3, 0.4) is 0 Å². The van der Waals surface area contributed by atoms with Crippen LogP contribution in [0, 0.1) is 0 Å². The van der Waals surface area contributed by atoms with Crippen molar-refractivity contribution in [1.82, 2.24) is 0 Å². The van der Waals surface area contributed by atoms with Crippen molar-refractivity contribution in [1.29, 1.82) is 0 Å². The first-order valence-electron chi connectivity index (χ1n) is 5.83. The second kappa shape index (κ2) is 4.86. The quantitative estimate of drug-likeness (QED) is 0.846. The van der Waals surface area contributed by atoms with Gasteiger partial charge in [0.05, 0.1) is 11.4 Å². The Balaban J connectivity index is 2.27. The molecular formula is C12H16ClNO2S. The molecule has 1 heterocycles. The second-order valence-electron chi connectivity index (χ2n) is 4.26. The molecule has 0 aliphatic carbocycles. The number of halogens is 1. The zero-order valence-electron chi connectivity index (χ0n) is 9.82. The Morgan fingerprint density at radius 3 is 2.88 bits per heavy atom. The van der Waals surface area contributed by atoms with E-state index < -0.39 is 10.0 Å². The highest BCUT2D eigenvalue weighted by molar-refractivity contribution is 7.92. The Morgan fingerprint density at radius 2 is 2.18 bits per heavy atom. The van der Waals surface area contributed by atoms with Crippen LogP contribution in [-0.4, -0.2) is 20.7 Å². The highest BCUT2D eigenvalue weighted by Gasteiger charge is 2.28. The lowest BCUT2D eigenvalue weighted by molar-refractivity contribution is 0.589. The lowest BCUT2D eigenvalue weighted by Crippen LogP contribution is -2.31. The van der Waals surface area contributed by atoms with Crippen molar-refractivity contribution in [2.24, 2.45) is 0 Å². The van der Waals surface area contributed by atoms with E-state index in [0.29, 0.717) is 18.0 Å². The third-order valence-electron chi connectivity index (χ3n) is 2.99. The van der Waals surface area contributed by atoms with E-state index in [1.807, 2.05) is 13.0 Å². The number of hydrogen-bond acceptors (Lipinski definition) is 2. The topological polar surface area (TPSA) is 37.4 Å². The maximum absolute atomic E-state index is 12.1. The predicted octanol–water partition coefficient (Wildman–Crippen LogP) is 2.83. The van der Waals surface area contributed by atoms with Crippen LogP contribution in [0.2, 0.25) is 5.02 Å². The second-order valence-corrected chi connectivity index (χ2v) is 6.71. The zero-order chi connectivity index (χ0) is 12.5. The average molecular weight is 274 g/mol. The number of fused-ring (bicyclic) bond motifs is 1. The molecule has 0 amide bonds. The van der Waals surface area contributed by atoms with Gasteiger partial charge < -0.3 is 0 Å². The van der Waals surface area contributed by atoms with Crippen LogP contribution in [0.1, 0.15) is 25.3 Å². The van der Waals surface area contributed by atoms with Gasteiger partial charge in [-0.2, -0.15) is 0 Å². The predicted molar refractivity (Wildman–Crippen MR) is 71.2 cm³/mol. The maximum Gasteiger partial charge on any atom is 0.235 e. The molecule has 1 aromatic carbocycles. The SMILES string of the molecule is CCCCS(=O)(=O)N1CCc2cc(Cl)ccc21. The van der Waals surface area contributed by atoms with Crippen LogP contribution < -0.4 is 4.31 Å². The molecule has 0 saturated heterocycles. The number of anilines is 1. The van der Waals surface area contributed by atoms with E-state index >= 15 is 0 Å². The van der Waals surface area contributed by atoms with Crippen LogP contribution in [-0.2, 0) is 16.4 Å². The Labute approximate surface area is 107 Å². The first-order valence-corrected chi connectivity index (χ1v) is 7.82. The number of nitrogens with zero attached hydrogens (tertiary/aromatic N) is 1. The monoisotopic (exact) mass is 273 g/mol. The standard InChI is InChI=1S/C12H16ClNO2S/c1-2-3-8-17(15,16)14-7-6-10-9-11(13)4-5-12(10)14/h4-5,9H,2-3,6-8H2,1H3. The molecule has 0 fully saturated rings. The van der Waals surface area contributed by atoms with E-state index in [0.717, 1.165) is 24.1 Å². The van der Waals surface area contributed by atoms with E-state index in [4.69, 9.17) is 11.6 Å². The molecule has 0 spiro atoms. The van der Waals surface area contributed by atoms with Crippen molar-refractivity contribution in [2.45, 2.75) is 26.2 Å². The molecule has 17 heavy (non-hydrogen) atoms. The fraction of sp³-hybridized carbons (Fsp3) is 0.500.